The third kappa shape index (κ3) is 4.05. The van der Waals surface area contributed by atoms with E-state index >= 15 is 0 Å². The van der Waals surface area contributed by atoms with Gasteiger partial charge in [-0.25, -0.2) is 0 Å². The first-order valence-electron chi connectivity index (χ1n) is 7.18. The maximum Gasteiger partial charge on any atom is 0.256 e. The lowest BCUT2D eigenvalue weighted by Gasteiger charge is -2.32. The first-order valence-corrected chi connectivity index (χ1v) is 7.18. The molecule has 0 aliphatic heterocycles. The Morgan fingerprint density at radius 1 is 1.25 bits per heavy atom. The van der Waals surface area contributed by atoms with Crippen LogP contribution >= 0.6 is 0 Å². The zero-order chi connectivity index (χ0) is 15.0. The minimum atomic E-state index is -0.608. The average Bonchev–Trinajstić information content (AvgIpc) is 2.49. The Labute approximate surface area is 121 Å². The molecule has 1 N–H and O–H groups in total. The summed E-state index contributed by atoms with van der Waals surface area (Å²) < 4.78 is 5.39. The highest BCUT2D eigenvalue weighted by molar-refractivity contribution is 5.82. The maximum absolute atomic E-state index is 12.7. The van der Waals surface area contributed by atoms with Crippen LogP contribution in [0.25, 0.3) is 0 Å². The Morgan fingerprint density at radius 2 is 1.85 bits per heavy atom. The first kappa shape index (κ1) is 16.7. The van der Waals surface area contributed by atoms with Crippen molar-refractivity contribution in [3.8, 4) is 0 Å². The number of hydrogen-bond donors (Lipinski definition) is 1. The molecule has 0 aliphatic rings. The molecule has 0 saturated heterocycles. The van der Waals surface area contributed by atoms with Gasteiger partial charge in [-0.2, -0.15) is 0 Å². The third-order valence-corrected chi connectivity index (χ3v) is 3.57. The Kier molecular flexibility index (Phi) is 7.26. The van der Waals surface area contributed by atoms with Crippen LogP contribution in [0.4, 0.5) is 0 Å². The van der Waals surface area contributed by atoms with Crippen molar-refractivity contribution in [2.45, 2.75) is 38.8 Å². The first-order chi connectivity index (χ1) is 9.69. The quantitative estimate of drug-likeness (QED) is 0.795. The molecule has 0 heterocycles. The number of ether oxygens (including phenoxy) is 1. The van der Waals surface area contributed by atoms with E-state index in [0.29, 0.717) is 6.54 Å². The molecule has 1 aromatic carbocycles. The lowest BCUT2D eigenvalue weighted by molar-refractivity contribution is -0.145. The van der Waals surface area contributed by atoms with Crippen LogP contribution < -0.4 is 0 Å². The van der Waals surface area contributed by atoms with E-state index in [1.165, 1.54) is 0 Å². The van der Waals surface area contributed by atoms with Crippen LogP contribution in [-0.4, -0.2) is 42.2 Å². The summed E-state index contributed by atoms with van der Waals surface area (Å²) in [5, 5.41) is 9.22. The fourth-order valence-electron chi connectivity index (χ4n) is 2.47. The molecule has 4 nitrogen and oxygen atoms in total. The lowest BCUT2D eigenvalue weighted by atomic mass is 10.1. The van der Waals surface area contributed by atoms with Crippen LogP contribution in [0.5, 0.6) is 0 Å². The van der Waals surface area contributed by atoms with Gasteiger partial charge in [-0.3, -0.25) is 4.79 Å². The van der Waals surface area contributed by atoms with E-state index < -0.39 is 6.10 Å². The number of carbonyl (C=O) groups excluding carboxylic acids is 1. The van der Waals surface area contributed by atoms with E-state index in [2.05, 4.69) is 13.8 Å². The minimum absolute atomic E-state index is 0.0343. The molecule has 1 aromatic rings. The summed E-state index contributed by atoms with van der Waals surface area (Å²) in [7, 11) is 1.54. The van der Waals surface area contributed by atoms with E-state index in [-0.39, 0.29) is 18.6 Å². The van der Waals surface area contributed by atoms with E-state index in [1.807, 2.05) is 30.3 Å². The maximum atomic E-state index is 12.7. The number of methoxy groups -OCH3 is 1. The Balaban J connectivity index is 2.96. The van der Waals surface area contributed by atoms with Crippen molar-refractivity contribution in [3.05, 3.63) is 35.9 Å². The van der Waals surface area contributed by atoms with E-state index in [1.54, 1.807) is 12.0 Å². The largest absolute Gasteiger partial charge is 0.395 e. The molecular weight excluding hydrogens is 254 g/mol. The molecular formula is C16H25NO3. The molecule has 20 heavy (non-hydrogen) atoms. The molecule has 1 amide bonds. The number of aliphatic hydroxyl groups is 1. The molecule has 0 spiro atoms. The second-order valence-corrected chi connectivity index (χ2v) is 4.75. The summed E-state index contributed by atoms with van der Waals surface area (Å²) >= 11 is 0. The second kappa shape index (κ2) is 8.72. The summed E-state index contributed by atoms with van der Waals surface area (Å²) in [6.45, 7) is 4.41. The Bertz CT molecular complexity index is 390. The van der Waals surface area contributed by atoms with Gasteiger partial charge < -0.3 is 14.7 Å². The van der Waals surface area contributed by atoms with Crippen molar-refractivity contribution in [2.75, 3.05) is 20.3 Å². The highest BCUT2D eigenvalue weighted by Gasteiger charge is 2.28. The zero-order valence-electron chi connectivity index (χ0n) is 12.6. The molecule has 0 fully saturated rings. The topological polar surface area (TPSA) is 49.8 Å². The molecule has 0 bridgehead atoms. The SMILES string of the molecule is CCC(CC)N(CCO)C(=O)C(OC)c1ccccc1. The van der Waals surface area contributed by atoms with Crippen molar-refractivity contribution in [1.82, 2.24) is 4.90 Å². The lowest BCUT2D eigenvalue weighted by Crippen LogP contribution is -2.44. The number of rotatable bonds is 8. The normalized spacial score (nSPS) is 12.4. The van der Waals surface area contributed by atoms with Crippen LogP contribution in [0.1, 0.15) is 38.4 Å². The van der Waals surface area contributed by atoms with Crippen molar-refractivity contribution in [1.29, 1.82) is 0 Å². The standard InChI is InChI=1S/C16H25NO3/c1-4-14(5-2)17(11-12-18)16(19)15(20-3)13-9-7-6-8-10-13/h6-10,14-15,18H,4-5,11-12H2,1-3H3. The van der Waals surface area contributed by atoms with Crippen molar-refractivity contribution < 1.29 is 14.6 Å². The molecule has 0 saturated carbocycles. The van der Waals surface area contributed by atoms with Crippen LogP contribution in [0, 0.1) is 0 Å². The predicted molar refractivity (Wildman–Crippen MR) is 79.4 cm³/mol. The van der Waals surface area contributed by atoms with Crippen molar-refractivity contribution >= 4 is 5.91 Å². The van der Waals surface area contributed by atoms with Crippen LogP contribution in [0.15, 0.2) is 30.3 Å². The Hall–Kier alpha value is -1.39. The van der Waals surface area contributed by atoms with E-state index in [4.69, 9.17) is 4.74 Å². The molecule has 1 rings (SSSR count). The van der Waals surface area contributed by atoms with Gasteiger partial charge in [-0.05, 0) is 18.4 Å². The highest BCUT2D eigenvalue weighted by Crippen LogP contribution is 2.22. The van der Waals surface area contributed by atoms with Gasteiger partial charge in [-0.1, -0.05) is 44.2 Å². The summed E-state index contributed by atoms with van der Waals surface area (Å²) in [4.78, 5) is 14.5. The van der Waals surface area contributed by atoms with Gasteiger partial charge in [0.1, 0.15) is 0 Å². The van der Waals surface area contributed by atoms with Gasteiger partial charge in [0.05, 0.1) is 6.61 Å². The van der Waals surface area contributed by atoms with Crippen LogP contribution in [-0.2, 0) is 9.53 Å². The number of amides is 1. The van der Waals surface area contributed by atoms with Crippen molar-refractivity contribution in [3.63, 3.8) is 0 Å². The number of hydrogen-bond acceptors (Lipinski definition) is 3. The summed E-state index contributed by atoms with van der Waals surface area (Å²) in [5.74, 6) is -0.0820. The highest BCUT2D eigenvalue weighted by atomic mass is 16.5. The van der Waals surface area contributed by atoms with Gasteiger partial charge in [-0.15, -0.1) is 0 Å². The number of aliphatic hydroxyl groups excluding tert-OH is 1. The molecule has 1 atom stereocenters. The predicted octanol–water partition coefficient (Wildman–Crippen LogP) is 2.38. The third-order valence-electron chi connectivity index (χ3n) is 3.57. The Morgan fingerprint density at radius 3 is 2.30 bits per heavy atom. The molecule has 4 heteroatoms. The van der Waals surface area contributed by atoms with Gasteiger partial charge in [0.15, 0.2) is 6.10 Å². The molecule has 112 valence electrons. The fraction of sp³-hybridized carbons (Fsp3) is 0.562. The number of carbonyl (C=O) groups is 1. The van der Waals surface area contributed by atoms with Gasteiger partial charge in [0, 0.05) is 19.7 Å². The van der Waals surface area contributed by atoms with Gasteiger partial charge in [0.25, 0.3) is 5.91 Å². The average molecular weight is 279 g/mol. The summed E-state index contributed by atoms with van der Waals surface area (Å²) in [6.07, 6.45) is 1.13. The van der Waals surface area contributed by atoms with E-state index in [9.17, 15) is 9.90 Å². The smallest absolute Gasteiger partial charge is 0.256 e. The minimum Gasteiger partial charge on any atom is -0.395 e. The fourth-order valence-corrected chi connectivity index (χ4v) is 2.47. The summed E-state index contributed by atoms with van der Waals surface area (Å²) in [6, 6.07) is 9.60. The van der Waals surface area contributed by atoms with Gasteiger partial charge >= 0.3 is 0 Å². The molecule has 1 unspecified atom stereocenters. The van der Waals surface area contributed by atoms with Crippen molar-refractivity contribution in [2.24, 2.45) is 0 Å². The van der Waals surface area contributed by atoms with Crippen LogP contribution in [0.3, 0.4) is 0 Å². The second-order valence-electron chi connectivity index (χ2n) is 4.75. The molecule has 0 radical (unpaired) electrons. The number of benzene rings is 1. The zero-order valence-corrected chi connectivity index (χ0v) is 12.6. The molecule has 0 aromatic heterocycles. The molecule has 0 aliphatic carbocycles. The van der Waals surface area contributed by atoms with E-state index in [0.717, 1.165) is 18.4 Å². The van der Waals surface area contributed by atoms with Crippen LogP contribution in [0.2, 0.25) is 0 Å². The monoisotopic (exact) mass is 279 g/mol. The number of nitrogens with zero attached hydrogens (tertiary/aromatic N) is 1. The summed E-state index contributed by atoms with van der Waals surface area (Å²) in [5.41, 5.74) is 0.842. The van der Waals surface area contributed by atoms with Gasteiger partial charge in [0.2, 0.25) is 0 Å².